The first kappa shape index (κ1) is 11.4. The third-order valence-corrected chi connectivity index (χ3v) is 3.35. The van der Waals surface area contributed by atoms with E-state index in [1.165, 1.54) is 18.9 Å². The van der Waals surface area contributed by atoms with Crippen molar-refractivity contribution in [2.45, 2.75) is 30.3 Å². The van der Waals surface area contributed by atoms with Crippen LogP contribution in [0.2, 0.25) is 0 Å². The Morgan fingerprint density at radius 3 is 3.00 bits per heavy atom. The Morgan fingerprint density at radius 2 is 2.50 bits per heavy atom. The van der Waals surface area contributed by atoms with Crippen LogP contribution in [-0.2, 0) is 19.1 Å². The first-order chi connectivity index (χ1) is 6.63. The van der Waals surface area contributed by atoms with Crippen molar-refractivity contribution < 1.29 is 19.1 Å². The van der Waals surface area contributed by atoms with Crippen molar-refractivity contribution in [3.05, 3.63) is 0 Å². The van der Waals surface area contributed by atoms with Crippen molar-refractivity contribution in [1.82, 2.24) is 0 Å². The second-order valence-corrected chi connectivity index (χ2v) is 4.82. The van der Waals surface area contributed by atoms with Crippen LogP contribution >= 0.6 is 11.8 Å². The second-order valence-electron chi connectivity index (χ2n) is 3.17. The Morgan fingerprint density at radius 1 is 1.79 bits per heavy atom. The molecule has 1 rings (SSSR count). The normalized spacial score (nSPS) is 23.0. The van der Waals surface area contributed by atoms with E-state index in [-0.39, 0.29) is 22.4 Å². The second kappa shape index (κ2) is 5.24. The van der Waals surface area contributed by atoms with Crippen LogP contribution in [0.4, 0.5) is 0 Å². The fourth-order valence-electron chi connectivity index (χ4n) is 1.25. The summed E-state index contributed by atoms with van der Waals surface area (Å²) >= 11 is 1.48. The summed E-state index contributed by atoms with van der Waals surface area (Å²) in [7, 11) is 1.36. The molecule has 1 saturated heterocycles. The zero-order valence-electron chi connectivity index (χ0n) is 8.32. The standard InChI is InChI=1S/C9H14O4S/c1-6(5-8(10)12-2)14-7-3-4-13-9(7)11/h6-7H,3-5H2,1-2H3. The third kappa shape index (κ3) is 3.21. The maximum Gasteiger partial charge on any atom is 0.319 e. The average Bonchev–Trinajstić information content (AvgIpc) is 2.51. The Kier molecular flexibility index (Phi) is 4.25. The van der Waals surface area contributed by atoms with E-state index in [1.807, 2.05) is 6.92 Å². The zero-order chi connectivity index (χ0) is 10.6. The van der Waals surface area contributed by atoms with Gasteiger partial charge in [0.1, 0.15) is 5.25 Å². The summed E-state index contributed by atoms with van der Waals surface area (Å²) < 4.78 is 9.37. The molecule has 0 radical (unpaired) electrons. The van der Waals surface area contributed by atoms with Crippen molar-refractivity contribution in [2.24, 2.45) is 0 Å². The van der Waals surface area contributed by atoms with Crippen molar-refractivity contribution in [3.8, 4) is 0 Å². The van der Waals surface area contributed by atoms with E-state index in [0.717, 1.165) is 6.42 Å². The summed E-state index contributed by atoms with van der Waals surface area (Å²) in [5, 5.41) is -0.00671. The van der Waals surface area contributed by atoms with Gasteiger partial charge in [0.15, 0.2) is 0 Å². The van der Waals surface area contributed by atoms with Crippen LogP contribution in [0.25, 0.3) is 0 Å². The van der Waals surface area contributed by atoms with E-state index in [2.05, 4.69) is 4.74 Å². The molecule has 0 N–H and O–H groups in total. The van der Waals surface area contributed by atoms with Gasteiger partial charge in [0.2, 0.25) is 0 Å². The van der Waals surface area contributed by atoms with E-state index < -0.39 is 0 Å². The summed E-state index contributed by atoms with van der Waals surface area (Å²) in [6, 6.07) is 0. The molecule has 1 fully saturated rings. The molecule has 0 aromatic carbocycles. The number of cyclic esters (lactones) is 1. The van der Waals surface area contributed by atoms with E-state index in [0.29, 0.717) is 13.0 Å². The van der Waals surface area contributed by atoms with Crippen LogP contribution in [0.5, 0.6) is 0 Å². The van der Waals surface area contributed by atoms with Crippen LogP contribution in [0.15, 0.2) is 0 Å². The van der Waals surface area contributed by atoms with Gasteiger partial charge in [-0.2, -0.15) is 0 Å². The lowest BCUT2D eigenvalue weighted by molar-refractivity contribution is -0.140. The van der Waals surface area contributed by atoms with E-state index in [9.17, 15) is 9.59 Å². The average molecular weight is 218 g/mol. The number of carbonyl (C=O) groups excluding carboxylic acids is 2. The monoisotopic (exact) mass is 218 g/mol. The molecule has 2 atom stereocenters. The van der Waals surface area contributed by atoms with Gasteiger partial charge in [-0.25, -0.2) is 0 Å². The molecule has 0 aliphatic carbocycles. The molecule has 0 spiro atoms. The fraction of sp³-hybridized carbons (Fsp3) is 0.778. The lowest BCUT2D eigenvalue weighted by atomic mass is 10.3. The van der Waals surface area contributed by atoms with Gasteiger partial charge in [0, 0.05) is 11.7 Å². The minimum Gasteiger partial charge on any atom is -0.469 e. The van der Waals surface area contributed by atoms with Crippen molar-refractivity contribution in [1.29, 1.82) is 0 Å². The molecule has 0 bridgehead atoms. The van der Waals surface area contributed by atoms with Gasteiger partial charge in [0.05, 0.1) is 20.1 Å². The van der Waals surface area contributed by atoms with Crippen LogP contribution in [0, 0.1) is 0 Å². The molecule has 14 heavy (non-hydrogen) atoms. The molecule has 1 aliphatic heterocycles. The van der Waals surface area contributed by atoms with Crippen LogP contribution < -0.4 is 0 Å². The van der Waals surface area contributed by atoms with Crippen LogP contribution in [0.1, 0.15) is 19.8 Å². The SMILES string of the molecule is COC(=O)CC(C)SC1CCOC1=O. The van der Waals surface area contributed by atoms with E-state index in [4.69, 9.17) is 4.74 Å². The number of rotatable bonds is 4. The molecule has 0 aromatic heterocycles. The van der Waals surface area contributed by atoms with Gasteiger partial charge >= 0.3 is 11.9 Å². The summed E-state index contributed by atoms with van der Waals surface area (Å²) in [6.07, 6.45) is 1.08. The molecule has 80 valence electrons. The van der Waals surface area contributed by atoms with Crippen LogP contribution in [0.3, 0.4) is 0 Å². The molecule has 5 heteroatoms. The maximum absolute atomic E-state index is 11.1. The number of carbonyl (C=O) groups is 2. The fourth-order valence-corrected chi connectivity index (χ4v) is 2.45. The van der Waals surface area contributed by atoms with E-state index in [1.54, 1.807) is 0 Å². The van der Waals surface area contributed by atoms with Crippen molar-refractivity contribution >= 4 is 23.7 Å². The number of hydrogen-bond donors (Lipinski definition) is 0. The van der Waals surface area contributed by atoms with Crippen molar-refractivity contribution in [2.75, 3.05) is 13.7 Å². The molecular weight excluding hydrogens is 204 g/mol. The quantitative estimate of drug-likeness (QED) is 0.658. The molecule has 0 saturated carbocycles. The van der Waals surface area contributed by atoms with Gasteiger partial charge in [-0.1, -0.05) is 6.92 Å². The largest absolute Gasteiger partial charge is 0.469 e. The van der Waals surface area contributed by atoms with Gasteiger partial charge < -0.3 is 9.47 Å². The predicted molar refractivity (Wildman–Crippen MR) is 53.1 cm³/mol. The number of esters is 2. The highest BCUT2D eigenvalue weighted by Gasteiger charge is 2.29. The van der Waals surface area contributed by atoms with Crippen molar-refractivity contribution in [3.63, 3.8) is 0 Å². The summed E-state index contributed by atoms with van der Waals surface area (Å²) in [4.78, 5) is 22.0. The van der Waals surface area contributed by atoms with Gasteiger partial charge in [-0.15, -0.1) is 11.8 Å². The third-order valence-electron chi connectivity index (χ3n) is 1.97. The van der Waals surface area contributed by atoms with E-state index >= 15 is 0 Å². The van der Waals surface area contributed by atoms with Crippen LogP contribution in [-0.4, -0.2) is 36.2 Å². The number of ether oxygens (including phenoxy) is 2. The Bertz CT molecular complexity index is 229. The first-order valence-corrected chi connectivity index (χ1v) is 5.46. The number of thioether (sulfide) groups is 1. The summed E-state index contributed by atoms with van der Waals surface area (Å²) in [5.74, 6) is -0.400. The Hall–Kier alpha value is -0.710. The lowest BCUT2D eigenvalue weighted by Crippen LogP contribution is -2.16. The van der Waals surface area contributed by atoms with Gasteiger partial charge in [0.25, 0.3) is 0 Å². The Labute approximate surface area is 87.3 Å². The maximum atomic E-state index is 11.1. The zero-order valence-corrected chi connectivity index (χ0v) is 9.13. The smallest absolute Gasteiger partial charge is 0.319 e. The molecule has 1 aliphatic rings. The number of methoxy groups -OCH3 is 1. The summed E-state index contributed by atoms with van der Waals surface area (Å²) in [5.41, 5.74) is 0. The highest BCUT2D eigenvalue weighted by atomic mass is 32.2. The molecular formula is C9H14O4S. The predicted octanol–water partition coefficient (Wildman–Crippen LogP) is 0.987. The number of hydrogen-bond acceptors (Lipinski definition) is 5. The highest BCUT2D eigenvalue weighted by molar-refractivity contribution is 8.01. The van der Waals surface area contributed by atoms with Gasteiger partial charge in [-0.3, -0.25) is 9.59 Å². The summed E-state index contributed by atoms with van der Waals surface area (Å²) in [6.45, 7) is 2.41. The van der Waals surface area contributed by atoms with Gasteiger partial charge in [-0.05, 0) is 0 Å². The molecule has 1 heterocycles. The minimum atomic E-state index is -0.239. The Balaban J connectivity index is 2.29. The minimum absolute atomic E-state index is 0.0955. The topological polar surface area (TPSA) is 52.6 Å². The molecule has 4 nitrogen and oxygen atoms in total. The lowest BCUT2D eigenvalue weighted by Gasteiger charge is -2.12. The highest BCUT2D eigenvalue weighted by Crippen LogP contribution is 2.27. The molecule has 0 aromatic rings. The first-order valence-electron chi connectivity index (χ1n) is 4.52. The molecule has 0 amide bonds. The molecule has 2 unspecified atom stereocenters.